The first-order valence-corrected chi connectivity index (χ1v) is 11.5. The highest BCUT2D eigenvalue weighted by molar-refractivity contribution is 5.76. The smallest absolute Gasteiger partial charge is 0.317 e. The SMILES string of the molecule is CCCCCCCOc1ccc(-c2ccc(OC(=O)[C@@H](C)[C@@H](F)CCC)cc2)c(F)c1F. The third-order valence-electron chi connectivity index (χ3n) is 5.41. The summed E-state index contributed by atoms with van der Waals surface area (Å²) in [4.78, 5) is 12.1. The van der Waals surface area contributed by atoms with E-state index in [1.807, 2.05) is 6.92 Å². The molecule has 0 bridgehead atoms. The summed E-state index contributed by atoms with van der Waals surface area (Å²) in [6, 6.07) is 8.89. The maximum atomic E-state index is 14.6. The fourth-order valence-electron chi connectivity index (χ4n) is 3.34. The van der Waals surface area contributed by atoms with Crippen molar-refractivity contribution in [3.8, 4) is 22.6 Å². The molecule has 176 valence electrons. The number of halogens is 3. The first kappa shape index (κ1) is 25.8. The Morgan fingerprint density at radius 2 is 1.59 bits per heavy atom. The van der Waals surface area contributed by atoms with Crippen LogP contribution in [0.4, 0.5) is 13.2 Å². The van der Waals surface area contributed by atoms with E-state index in [1.54, 1.807) is 0 Å². The summed E-state index contributed by atoms with van der Waals surface area (Å²) in [7, 11) is 0. The van der Waals surface area contributed by atoms with Gasteiger partial charge in [-0.25, -0.2) is 8.78 Å². The van der Waals surface area contributed by atoms with Crippen molar-refractivity contribution in [3.05, 3.63) is 48.0 Å². The van der Waals surface area contributed by atoms with Gasteiger partial charge in [-0.1, -0.05) is 58.1 Å². The molecule has 32 heavy (non-hydrogen) atoms. The molecule has 2 atom stereocenters. The highest BCUT2D eigenvalue weighted by Crippen LogP contribution is 2.31. The lowest BCUT2D eigenvalue weighted by Crippen LogP contribution is -2.26. The largest absolute Gasteiger partial charge is 0.490 e. The third-order valence-corrected chi connectivity index (χ3v) is 5.41. The molecule has 0 aromatic heterocycles. The monoisotopic (exact) mass is 450 g/mol. The van der Waals surface area contributed by atoms with Gasteiger partial charge in [0.1, 0.15) is 11.9 Å². The summed E-state index contributed by atoms with van der Waals surface area (Å²) < 4.78 is 53.6. The van der Waals surface area contributed by atoms with Gasteiger partial charge < -0.3 is 9.47 Å². The van der Waals surface area contributed by atoms with Gasteiger partial charge in [-0.2, -0.15) is 4.39 Å². The van der Waals surface area contributed by atoms with Crippen LogP contribution in [0.25, 0.3) is 11.1 Å². The molecular formula is C26H33F3O3. The molecule has 0 aliphatic carbocycles. The molecule has 2 aromatic rings. The lowest BCUT2D eigenvalue weighted by molar-refractivity contribution is -0.140. The molecule has 3 nitrogen and oxygen atoms in total. The number of unbranched alkanes of at least 4 members (excludes halogenated alkanes) is 4. The molecule has 6 heteroatoms. The van der Waals surface area contributed by atoms with E-state index in [0.717, 1.165) is 32.1 Å². The lowest BCUT2D eigenvalue weighted by Gasteiger charge is -2.15. The fourth-order valence-corrected chi connectivity index (χ4v) is 3.34. The maximum Gasteiger partial charge on any atom is 0.317 e. The standard InChI is InChI=1S/C26H33F3O3/c1-4-6-7-8-9-17-31-23-16-15-21(24(28)25(23)29)19-11-13-20(14-12-19)32-26(30)18(3)22(27)10-5-2/h11-16,18,22H,4-10,17H2,1-3H3/t18-,22-/m0/s1. The van der Waals surface area contributed by atoms with Crippen molar-refractivity contribution in [2.75, 3.05) is 6.61 Å². The zero-order valence-corrected chi connectivity index (χ0v) is 19.1. The molecule has 0 saturated heterocycles. The Kier molecular flexibility index (Phi) is 10.6. The van der Waals surface area contributed by atoms with E-state index in [1.165, 1.54) is 43.3 Å². The average molecular weight is 451 g/mol. The van der Waals surface area contributed by atoms with Gasteiger partial charge in [0.2, 0.25) is 5.82 Å². The molecule has 2 aromatic carbocycles. The maximum absolute atomic E-state index is 14.6. The molecular weight excluding hydrogens is 417 g/mol. The molecule has 0 spiro atoms. The van der Waals surface area contributed by atoms with E-state index in [9.17, 15) is 18.0 Å². The van der Waals surface area contributed by atoms with Crippen LogP contribution in [0.1, 0.15) is 65.7 Å². The van der Waals surface area contributed by atoms with Crippen molar-refractivity contribution in [1.82, 2.24) is 0 Å². The van der Waals surface area contributed by atoms with Crippen LogP contribution >= 0.6 is 0 Å². The highest BCUT2D eigenvalue weighted by atomic mass is 19.2. The second kappa shape index (κ2) is 13.1. The van der Waals surface area contributed by atoms with Crippen molar-refractivity contribution in [3.63, 3.8) is 0 Å². The first-order valence-electron chi connectivity index (χ1n) is 11.5. The van der Waals surface area contributed by atoms with Gasteiger partial charge in [0.05, 0.1) is 12.5 Å². The number of hydrogen-bond donors (Lipinski definition) is 0. The quantitative estimate of drug-likeness (QED) is 0.178. The van der Waals surface area contributed by atoms with Crippen molar-refractivity contribution in [2.45, 2.75) is 71.9 Å². The van der Waals surface area contributed by atoms with Crippen molar-refractivity contribution < 1.29 is 27.4 Å². The van der Waals surface area contributed by atoms with Gasteiger partial charge in [0.15, 0.2) is 11.6 Å². The number of hydrogen-bond acceptors (Lipinski definition) is 3. The van der Waals surface area contributed by atoms with E-state index in [2.05, 4.69) is 6.92 Å². The minimum atomic E-state index is -1.26. The Morgan fingerprint density at radius 3 is 2.25 bits per heavy atom. The number of carbonyl (C=O) groups is 1. The number of ether oxygens (including phenoxy) is 2. The Balaban J connectivity index is 2.00. The first-order chi connectivity index (χ1) is 15.4. The van der Waals surface area contributed by atoms with Crippen LogP contribution in [0.15, 0.2) is 36.4 Å². The minimum absolute atomic E-state index is 0.0795. The van der Waals surface area contributed by atoms with E-state index < -0.39 is 29.7 Å². The normalized spacial score (nSPS) is 12.9. The summed E-state index contributed by atoms with van der Waals surface area (Å²) in [6.07, 6.45) is 4.86. The van der Waals surface area contributed by atoms with Crippen LogP contribution in [0, 0.1) is 17.6 Å². The van der Waals surface area contributed by atoms with Crippen LogP contribution in [-0.4, -0.2) is 18.7 Å². The van der Waals surface area contributed by atoms with Gasteiger partial charge in [0, 0.05) is 5.56 Å². The molecule has 0 unspecified atom stereocenters. The van der Waals surface area contributed by atoms with Crippen LogP contribution in [0.3, 0.4) is 0 Å². The van der Waals surface area contributed by atoms with Crippen LogP contribution in [0.5, 0.6) is 11.5 Å². The Bertz CT molecular complexity index is 852. The topological polar surface area (TPSA) is 35.5 Å². The molecule has 2 rings (SSSR count). The Morgan fingerprint density at radius 1 is 0.906 bits per heavy atom. The number of rotatable bonds is 13. The van der Waals surface area contributed by atoms with Gasteiger partial charge in [-0.3, -0.25) is 4.79 Å². The van der Waals surface area contributed by atoms with E-state index in [-0.39, 0.29) is 17.1 Å². The molecule has 0 amide bonds. The molecule has 0 saturated carbocycles. The molecule has 0 aliphatic heterocycles. The summed E-state index contributed by atoms with van der Waals surface area (Å²) >= 11 is 0. The van der Waals surface area contributed by atoms with Crippen molar-refractivity contribution >= 4 is 5.97 Å². The number of benzene rings is 2. The van der Waals surface area contributed by atoms with E-state index in [4.69, 9.17) is 9.47 Å². The second-order valence-electron chi connectivity index (χ2n) is 8.04. The number of esters is 1. The van der Waals surface area contributed by atoms with E-state index >= 15 is 0 Å². The average Bonchev–Trinajstić information content (AvgIpc) is 2.79. The Hall–Kier alpha value is -2.50. The zero-order chi connectivity index (χ0) is 23.5. The van der Waals surface area contributed by atoms with Gasteiger partial charge >= 0.3 is 5.97 Å². The van der Waals surface area contributed by atoms with E-state index in [0.29, 0.717) is 25.0 Å². The lowest BCUT2D eigenvalue weighted by atomic mass is 10.0. The predicted molar refractivity (Wildman–Crippen MR) is 121 cm³/mol. The predicted octanol–water partition coefficient (Wildman–Crippen LogP) is 7.66. The van der Waals surface area contributed by atoms with Gasteiger partial charge in [0.25, 0.3) is 0 Å². The summed E-state index contributed by atoms with van der Waals surface area (Å²) in [5.41, 5.74) is 0.505. The van der Waals surface area contributed by atoms with Gasteiger partial charge in [-0.15, -0.1) is 0 Å². The minimum Gasteiger partial charge on any atom is -0.490 e. The summed E-state index contributed by atoms with van der Waals surface area (Å²) in [6.45, 7) is 5.81. The summed E-state index contributed by atoms with van der Waals surface area (Å²) in [5.74, 6) is -3.43. The molecule has 0 radical (unpaired) electrons. The molecule has 0 aliphatic rings. The Labute approximate surface area is 188 Å². The van der Waals surface area contributed by atoms with Gasteiger partial charge in [-0.05, 0) is 49.6 Å². The number of alkyl halides is 1. The molecule has 0 heterocycles. The fraction of sp³-hybridized carbons (Fsp3) is 0.500. The second-order valence-corrected chi connectivity index (χ2v) is 8.04. The zero-order valence-electron chi connectivity index (χ0n) is 19.1. The summed E-state index contributed by atoms with van der Waals surface area (Å²) in [5, 5.41) is 0. The number of carbonyl (C=O) groups excluding carboxylic acids is 1. The van der Waals surface area contributed by atoms with Crippen molar-refractivity contribution in [2.24, 2.45) is 5.92 Å². The molecule has 0 fully saturated rings. The van der Waals surface area contributed by atoms with Crippen LogP contribution in [-0.2, 0) is 4.79 Å². The highest BCUT2D eigenvalue weighted by Gasteiger charge is 2.25. The third kappa shape index (κ3) is 7.28. The molecule has 0 N–H and O–H groups in total. The van der Waals surface area contributed by atoms with Crippen LogP contribution in [0.2, 0.25) is 0 Å². The van der Waals surface area contributed by atoms with Crippen molar-refractivity contribution in [1.29, 1.82) is 0 Å². The van der Waals surface area contributed by atoms with Crippen LogP contribution < -0.4 is 9.47 Å².